The minimum atomic E-state index is 0.0253. The van der Waals surface area contributed by atoms with Gasteiger partial charge in [-0.2, -0.15) is 0 Å². The third-order valence-electron chi connectivity index (χ3n) is 6.34. The molecule has 0 aliphatic heterocycles. The van der Waals surface area contributed by atoms with Crippen LogP contribution >= 0.6 is 11.3 Å². The molecule has 3 aromatic carbocycles. The molecular weight excluding hydrogens is 422 g/mol. The second kappa shape index (κ2) is 7.29. The first kappa shape index (κ1) is 20.2. The molecule has 6 rings (SSSR count). The van der Waals surface area contributed by atoms with Gasteiger partial charge in [-0.1, -0.05) is 57.2 Å². The van der Waals surface area contributed by atoms with E-state index in [1.54, 1.807) is 0 Å². The highest BCUT2D eigenvalue weighted by molar-refractivity contribution is 7.19. The van der Waals surface area contributed by atoms with E-state index in [0.29, 0.717) is 0 Å². The van der Waals surface area contributed by atoms with Crippen LogP contribution in [0.3, 0.4) is 0 Å². The molecule has 3 heterocycles. The van der Waals surface area contributed by atoms with Gasteiger partial charge in [0.05, 0.1) is 5.69 Å². The molecule has 3 heteroatoms. The quantitative estimate of drug-likeness (QED) is 0.264. The molecule has 0 radical (unpaired) electrons. The summed E-state index contributed by atoms with van der Waals surface area (Å²) in [6.07, 6.45) is 1.85. The van der Waals surface area contributed by atoms with Crippen molar-refractivity contribution in [2.45, 2.75) is 33.1 Å². The van der Waals surface area contributed by atoms with Crippen LogP contribution in [-0.2, 0) is 5.41 Å². The van der Waals surface area contributed by atoms with Crippen LogP contribution in [0.25, 0.3) is 54.4 Å². The van der Waals surface area contributed by atoms with Gasteiger partial charge < -0.3 is 4.42 Å². The molecular formula is C30H25NOS. The average Bonchev–Trinajstić information content (AvgIpc) is 3.39. The number of nitrogens with zero attached hydrogens (tertiary/aromatic N) is 1. The van der Waals surface area contributed by atoms with Crippen LogP contribution < -0.4 is 0 Å². The number of pyridine rings is 1. The Bertz CT molecular complexity index is 1660. The zero-order valence-electron chi connectivity index (χ0n) is 19.3. The number of benzene rings is 3. The largest absolute Gasteiger partial charge is 0.456 e. The Morgan fingerprint density at radius 1 is 0.818 bits per heavy atom. The molecule has 2 nitrogen and oxygen atoms in total. The number of furan rings is 1. The fourth-order valence-electron chi connectivity index (χ4n) is 4.80. The minimum Gasteiger partial charge on any atom is -0.456 e. The maximum Gasteiger partial charge on any atom is 0.138 e. The molecule has 0 fully saturated rings. The Morgan fingerprint density at radius 2 is 1.67 bits per heavy atom. The highest BCUT2D eigenvalue weighted by Gasteiger charge is 2.20. The standard InChI is InChI=1S/C30H25NOS/c1-18-14-23-22(10-7-11-28(23)33-18)27-17-24-26(32-27)12-13-31-29(24)20-15-19-8-5-6-9-21(19)25(16-20)30(2,3)4/h5-17H,1-4H3. The van der Waals surface area contributed by atoms with Crippen LogP contribution in [0.2, 0.25) is 0 Å². The van der Waals surface area contributed by atoms with Gasteiger partial charge in [-0.15, -0.1) is 11.3 Å². The van der Waals surface area contributed by atoms with E-state index >= 15 is 0 Å². The van der Waals surface area contributed by atoms with Crippen molar-refractivity contribution in [1.29, 1.82) is 0 Å². The summed E-state index contributed by atoms with van der Waals surface area (Å²) in [5.41, 5.74) is 5.44. The molecule has 0 aliphatic rings. The van der Waals surface area contributed by atoms with Gasteiger partial charge in [-0.25, -0.2) is 0 Å². The number of rotatable bonds is 2. The van der Waals surface area contributed by atoms with Gasteiger partial charge in [0.1, 0.15) is 11.3 Å². The summed E-state index contributed by atoms with van der Waals surface area (Å²) in [5.74, 6) is 0.888. The van der Waals surface area contributed by atoms with E-state index in [0.717, 1.165) is 33.6 Å². The van der Waals surface area contributed by atoms with Gasteiger partial charge in [0.2, 0.25) is 0 Å². The van der Waals surface area contributed by atoms with Gasteiger partial charge in [-0.05, 0) is 65.1 Å². The third kappa shape index (κ3) is 3.35. The monoisotopic (exact) mass is 447 g/mol. The lowest BCUT2D eigenvalue weighted by Crippen LogP contribution is -2.12. The van der Waals surface area contributed by atoms with E-state index in [1.165, 1.54) is 31.3 Å². The van der Waals surface area contributed by atoms with Gasteiger partial charge in [0.25, 0.3) is 0 Å². The first-order valence-corrected chi connectivity index (χ1v) is 12.1. The Morgan fingerprint density at radius 3 is 2.52 bits per heavy atom. The van der Waals surface area contributed by atoms with E-state index in [1.807, 2.05) is 23.6 Å². The summed E-state index contributed by atoms with van der Waals surface area (Å²) in [7, 11) is 0. The molecule has 162 valence electrons. The number of hydrogen-bond donors (Lipinski definition) is 0. The topological polar surface area (TPSA) is 26.0 Å². The fourth-order valence-corrected chi connectivity index (χ4v) is 5.75. The normalized spacial score (nSPS) is 12.2. The first-order chi connectivity index (χ1) is 15.9. The highest BCUT2D eigenvalue weighted by Crippen LogP contribution is 2.40. The van der Waals surface area contributed by atoms with Crippen molar-refractivity contribution < 1.29 is 4.42 Å². The van der Waals surface area contributed by atoms with Gasteiger partial charge >= 0.3 is 0 Å². The van der Waals surface area contributed by atoms with Crippen molar-refractivity contribution in [3.8, 4) is 22.6 Å². The molecule has 0 saturated heterocycles. The van der Waals surface area contributed by atoms with E-state index in [9.17, 15) is 0 Å². The number of aromatic nitrogens is 1. The predicted octanol–water partition coefficient (Wildman–Crippen LogP) is 9.14. The Labute approximate surface area is 197 Å². The molecule has 3 aromatic heterocycles. The van der Waals surface area contributed by atoms with Crippen molar-refractivity contribution >= 4 is 43.2 Å². The van der Waals surface area contributed by atoms with Crippen LogP contribution in [-0.4, -0.2) is 4.98 Å². The Kier molecular flexibility index (Phi) is 4.46. The van der Waals surface area contributed by atoms with Gasteiger partial charge in [-0.3, -0.25) is 4.98 Å². The first-order valence-electron chi connectivity index (χ1n) is 11.3. The zero-order valence-corrected chi connectivity index (χ0v) is 20.1. The predicted molar refractivity (Wildman–Crippen MR) is 141 cm³/mol. The molecule has 6 aromatic rings. The van der Waals surface area contributed by atoms with E-state index in [2.05, 4.69) is 94.4 Å². The average molecular weight is 448 g/mol. The van der Waals surface area contributed by atoms with Crippen molar-refractivity contribution in [1.82, 2.24) is 4.98 Å². The molecule has 0 saturated carbocycles. The van der Waals surface area contributed by atoms with Crippen LogP contribution in [0.15, 0.2) is 83.4 Å². The van der Waals surface area contributed by atoms with Crippen LogP contribution in [0, 0.1) is 6.92 Å². The Hall–Kier alpha value is -3.43. The lowest BCUT2D eigenvalue weighted by atomic mass is 9.82. The van der Waals surface area contributed by atoms with E-state index in [-0.39, 0.29) is 5.41 Å². The molecule has 0 unspecified atom stereocenters. The van der Waals surface area contributed by atoms with Crippen LogP contribution in [0.4, 0.5) is 0 Å². The third-order valence-corrected chi connectivity index (χ3v) is 7.35. The maximum absolute atomic E-state index is 6.38. The van der Waals surface area contributed by atoms with Crippen LogP contribution in [0.1, 0.15) is 31.2 Å². The van der Waals surface area contributed by atoms with Crippen molar-refractivity contribution in [2.24, 2.45) is 0 Å². The summed E-state index contributed by atoms with van der Waals surface area (Å²) in [6.45, 7) is 8.96. The molecule has 0 bridgehead atoms. The summed E-state index contributed by atoms with van der Waals surface area (Å²) >= 11 is 1.82. The van der Waals surface area contributed by atoms with E-state index < -0.39 is 0 Å². The molecule has 0 spiro atoms. The number of aryl methyl sites for hydroxylation is 1. The summed E-state index contributed by atoms with van der Waals surface area (Å²) in [5, 5.41) is 4.83. The second-order valence-electron chi connectivity index (χ2n) is 9.75. The lowest BCUT2D eigenvalue weighted by Gasteiger charge is -2.22. The van der Waals surface area contributed by atoms with E-state index in [4.69, 9.17) is 9.40 Å². The van der Waals surface area contributed by atoms with Gasteiger partial charge in [0.15, 0.2) is 0 Å². The molecule has 0 aliphatic carbocycles. The summed E-state index contributed by atoms with van der Waals surface area (Å²) in [6, 6.07) is 26.0. The van der Waals surface area contributed by atoms with Gasteiger partial charge in [0, 0.05) is 37.7 Å². The molecule has 0 atom stereocenters. The summed E-state index contributed by atoms with van der Waals surface area (Å²) in [4.78, 5) is 6.13. The molecule has 0 amide bonds. The lowest BCUT2D eigenvalue weighted by molar-refractivity contribution is 0.596. The smallest absolute Gasteiger partial charge is 0.138 e. The molecule has 33 heavy (non-hydrogen) atoms. The number of fused-ring (bicyclic) bond motifs is 3. The zero-order chi connectivity index (χ0) is 22.7. The van der Waals surface area contributed by atoms with Crippen LogP contribution in [0.5, 0.6) is 0 Å². The fraction of sp³-hybridized carbons (Fsp3) is 0.167. The maximum atomic E-state index is 6.38. The second-order valence-corrected chi connectivity index (χ2v) is 11.0. The van der Waals surface area contributed by atoms with Crippen molar-refractivity contribution in [2.75, 3.05) is 0 Å². The highest BCUT2D eigenvalue weighted by atomic mass is 32.1. The summed E-state index contributed by atoms with van der Waals surface area (Å²) < 4.78 is 7.67. The number of thiophene rings is 1. The Balaban J connectivity index is 1.59. The van der Waals surface area contributed by atoms with Crippen molar-refractivity contribution in [3.63, 3.8) is 0 Å². The van der Waals surface area contributed by atoms with Crippen molar-refractivity contribution in [3.05, 3.63) is 89.4 Å². The SMILES string of the molecule is Cc1cc2c(-c3cc4c(-c5cc(C(C)(C)C)c6ccccc6c5)nccc4o3)cccc2s1. The molecule has 0 N–H and O–H groups in total. The number of hydrogen-bond acceptors (Lipinski definition) is 3. The minimum absolute atomic E-state index is 0.0253.